The molecule has 0 saturated heterocycles. The maximum atomic E-state index is 11.8. The Bertz CT molecular complexity index is 1220. The zero-order valence-corrected chi connectivity index (χ0v) is 21.6. The van der Waals surface area contributed by atoms with Crippen LogP contribution in [0.25, 0.3) is 17.2 Å². The quantitative estimate of drug-likeness (QED) is 0.261. The molecule has 0 unspecified atom stereocenters. The number of carbonyl (C=O) groups excluding carboxylic acids is 1. The molecule has 0 spiro atoms. The Morgan fingerprint density at radius 1 is 0.914 bits per heavy atom. The predicted molar refractivity (Wildman–Crippen MR) is 144 cm³/mol. The van der Waals surface area contributed by atoms with E-state index in [1.54, 1.807) is 6.08 Å². The van der Waals surface area contributed by atoms with Crippen LogP contribution in [0.1, 0.15) is 69.7 Å². The molecule has 3 nitrogen and oxygen atoms in total. The van der Waals surface area contributed by atoms with Crippen molar-refractivity contribution in [2.45, 2.75) is 64.9 Å². The van der Waals surface area contributed by atoms with Gasteiger partial charge in [-0.25, -0.2) is 4.79 Å². The van der Waals surface area contributed by atoms with E-state index in [0.29, 0.717) is 13.2 Å². The number of hydrogen-bond acceptors (Lipinski definition) is 3. The standard InChI is InChI=1S/C32H36O3/c1-6-34-28(33)18-15-23-13-10-14-25(21-23)26-16-17-27-29(32(4,5)20-19-31(27,2)3)30(26)35-22-24-11-8-7-9-12-24/h7-18,21H,6,19-20,22H2,1-5H3. The molecule has 0 saturated carbocycles. The highest BCUT2D eigenvalue weighted by molar-refractivity contribution is 5.87. The molecule has 0 aliphatic heterocycles. The van der Waals surface area contributed by atoms with Gasteiger partial charge in [0.05, 0.1) is 6.61 Å². The largest absolute Gasteiger partial charge is 0.488 e. The first kappa shape index (κ1) is 24.8. The van der Waals surface area contributed by atoms with Crippen LogP contribution in [-0.4, -0.2) is 12.6 Å². The molecule has 1 aliphatic carbocycles. The third kappa shape index (κ3) is 5.51. The summed E-state index contributed by atoms with van der Waals surface area (Å²) in [4.78, 5) is 11.8. The lowest BCUT2D eigenvalue weighted by molar-refractivity contribution is -0.137. The van der Waals surface area contributed by atoms with Crippen LogP contribution in [0.4, 0.5) is 0 Å². The van der Waals surface area contributed by atoms with E-state index in [1.807, 2.05) is 37.3 Å². The Morgan fingerprint density at radius 3 is 2.40 bits per heavy atom. The topological polar surface area (TPSA) is 35.5 Å². The lowest BCUT2D eigenvalue weighted by atomic mass is 9.62. The Labute approximate surface area is 209 Å². The highest BCUT2D eigenvalue weighted by Gasteiger charge is 2.40. The number of fused-ring (bicyclic) bond motifs is 1. The van der Waals surface area contributed by atoms with Crippen molar-refractivity contribution in [3.8, 4) is 16.9 Å². The lowest BCUT2D eigenvalue weighted by Crippen LogP contribution is -2.34. The number of benzene rings is 3. The van der Waals surface area contributed by atoms with Gasteiger partial charge in [-0.05, 0) is 65.0 Å². The van der Waals surface area contributed by atoms with E-state index >= 15 is 0 Å². The van der Waals surface area contributed by atoms with Crippen molar-refractivity contribution in [1.82, 2.24) is 0 Å². The first-order chi connectivity index (χ1) is 16.7. The van der Waals surface area contributed by atoms with Gasteiger partial charge in [0, 0.05) is 17.2 Å². The first-order valence-corrected chi connectivity index (χ1v) is 12.5. The zero-order valence-electron chi connectivity index (χ0n) is 21.6. The van der Waals surface area contributed by atoms with Gasteiger partial charge in [-0.1, -0.05) is 88.4 Å². The third-order valence-corrected chi connectivity index (χ3v) is 7.06. The summed E-state index contributed by atoms with van der Waals surface area (Å²) in [5, 5.41) is 0. The van der Waals surface area contributed by atoms with Gasteiger partial charge in [0.1, 0.15) is 12.4 Å². The summed E-state index contributed by atoms with van der Waals surface area (Å²) in [7, 11) is 0. The summed E-state index contributed by atoms with van der Waals surface area (Å²) in [5.74, 6) is 0.637. The van der Waals surface area contributed by atoms with Crippen molar-refractivity contribution < 1.29 is 14.3 Å². The normalized spacial score (nSPS) is 16.0. The van der Waals surface area contributed by atoms with Crippen LogP contribution in [0.2, 0.25) is 0 Å². The maximum absolute atomic E-state index is 11.8. The number of esters is 1. The van der Waals surface area contributed by atoms with E-state index in [9.17, 15) is 4.79 Å². The molecule has 3 aromatic rings. The number of hydrogen-bond donors (Lipinski definition) is 0. The molecule has 0 N–H and O–H groups in total. The molecule has 0 fully saturated rings. The molecule has 1 aliphatic rings. The number of ether oxygens (including phenoxy) is 2. The summed E-state index contributed by atoms with van der Waals surface area (Å²) in [5.41, 5.74) is 7.04. The van der Waals surface area contributed by atoms with Crippen molar-refractivity contribution in [2.75, 3.05) is 6.61 Å². The molecule has 0 aromatic heterocycles. The van der Waals surface area contributed by atoms with E-state index in [0.717, 1.165) is 40.8 Å². The predicted octanol–water partition coefficient (Wildman–Crippen LogP) is 7.86. The van der Waals surface area contributed by atoms with E-state index in [-0.39, 0.29) is 16.8 Å². The minimum Gasteiger partial charge on any atom is -0.488 e. The summed E-state index contributed by atoms with van der Waals surface area (Å²) in [6.45, 7) is 12.0. The Morgan fingerprint density at radius 2 is 1.66 bits per heavy atom. The van der Waals surface area contributed by atoms with Crippen molar-refractivity contribution in [3.05, 3.63) is 95.1 Å². The second kappa shape index (κ2) is 10.1. The Balaban J connectivity index is 1.81. The molecule has 0 radical (unpaired) electrons. The van der Waals surface area contributed by atoms with Gasteiger partial charge < -0.3 is 9.47 Å². The number of carbonyl (C=O) groups is 1. The van der Waals surface area contributed by atoms with Gasteiger partial charge in [0.15, 0.2) is 0 Å². The molecule has 3 heteroatoms. The summed E-state index contributed by atoms with van der Waals surface area (Å²) >= 11 is 0. The van der Waals surface area contributed by atoms with Gasteiger partial charge in [0.25, 0.3) is 0 Å². The second-order valence-electron chi connectivity index (χ2n) is 10.6. The van der Waals surface area contributed by atoms with Crippen LogP contribution in [0.5, 0.6) is 5.75 Å². The van der Waals surface area contributed by atoms with E-state index in [1.165, 1.54) is 17.2 Å². The monoisotopic (exact) mass is 468 g/mol. The van der Waals surface area contributed by atoms with E-state index < -0.39 is 0 Å². The van der Waals surface area contributed by atoms with Crippen LogP contribution in [-0.2, 0) is 27.0 Å². The van der Waals surface area contributed by atoms with E-state index in [4.69, 9.17) is 9.47 Å². The molecule has 0 amide bonds. The van der Waals surface area contributed by atoms with Gasteiger partial charge in [0.2, 0.25) is 0 Å². The second-order valence-corrected chi connectivity index (χ2v) is 10.6. The molecule has 35 heavy (non-hydrogen) atoms. The van der Waals surface area contributed by atoms with Crippen LogP contribution in [0.3, 0.4) is 0 Å². The van der Waals surface area contributed by atoms with E-state index in [2.05, 4.69) is 64.1 Å². The molecule has 3 aromatic carbocycles. The first-order valence-electron chi connectivity index (χ1n) is 12.5. The average Bonchev–Trinajstić information content (AvgIpc) is 2.85. The molecule has 4 rings (SSSR count). The highest BCUT2D eigenvalue weighted by Crippen LogP contribution is 2.52. The Kier molecular flexibility index (Phi) is 7.16. The van der Waals surface area contributed by atoms with Crippen molar-refractivity contribution in [2.24, 2.45) is 0 Å². The SMILES string of the molecule is CCOC(=O)C=Cc1cccc(-c2ccc3c(c2OCc2ccccc2)C(C)(C)CCC3(C)C)c1. The minimum atomic E-state index is -0.331. The fourth-order valence-corrected chi connectivity index (χ4v) is 4.97. The third-order valence-electron chi connectivity index (χ3n) is 7.06. The molecular weight excluding hydrogens is 432 g/mol. The molecular formula is C32H36O3. The average molecular weight is 469 g/mol. The summed E-state index contributed by atoms with van der Waals surface area (Å²) in [6, 6.07) is 23.1. The lowest BCUT2D eigenvalue weighted by Gasteiger charge is -2.43. The van der Waals surface area contributed by atoms with Gasteiger partial charge in [-0.2, -0.15) is 0 Å². The smallest absolute Gasteiger partial charge is 0.330 e. The van der Waals surface area contributed by atoms with Gasteiger partial charge in [-0.15, -0.1) is 0 Å². The molecule has 0 bridgehead atoms. The summed E-state index contributed by atoms with van der Waals surface area (Å²) in [6.07, 6.45) is 5.55. The molecule has 0 atom stereocenters. The fraction of sp³-hybridized carbons (Fsp3) is 0.344. The zero-order chi connectivity index (χ0) is 25.1. The highest BCUT2D eigenvalue weighted by atomic mass is 16.5. The Hall–Kier alpha value is -3.33. The van der Waals surface area contributed by atoms with Crippen molar-refractivity contribution in [1.29, 1.82) is 0 Å². The van der Waals surface area contributed by atoms with Gasteiger partial charge in [-0.3, -0.25) is 0 Å². The number of rotatable bonds is 7. The fourth-order valence-electron chi connectivity index (χ4n) is 4.97. The van der Waals surface area contributed by atoms with Crippen molar-refractivity contribution in [3.63, 3.8) is 0 Å². The van der Waals surface area contributed by atoms with Crippen LogP contribution < -0.4 is 4.74 Å². The maximum Gasteiger partial charge on any atom is 0.330 e. The summed E-state index contributed by atoms with van der Waals surface area (Å²) < 4.78 is 11.7. The van der Waals surface area contributed by atoms with Crippen LogP contribution in [0.15, 0.2) is 72.8 Å². The van der Waals surface area contributed by atoms with Crippen molar-refractivity contribution >= 4 is 12.0 Å². The molecule has 0 heterocycles. The van der Waals surface area contributed by atoms with Crippen LogP contribution >= 0.6 is 0 Å². The van der Waals surface area contributed by atoms with Crippen LogP contribution in [0, 0.1) is 0 Å². The minimum absolute atomic E-state index is 0.00824. The molecule has 182 valence electrons. The van der Waals surface area contributed by atoms with Gasteiger partial charge >= 0.3 is 5.97 Å².